The molecule has 6 heteroatoms. The highest BCUT2D eigenvalue weighted by Gasteiger charge is 2.21. The van der Waals surface area contributed by atoms with Crippen molar-refractivity contribution in [3.63, 3.8) is 0 Å². The first-order valence-corrected chi connectivity index (χ1v) is 9.58. The quantitative estimate of drug-likeness (QED) is 0.358. The van der Waals surface area contributed by atoms with Gasteiger partial charge < -0.3 is 20.1 Å². The van der Waals surface area contributed by atoms with Gasteiger partial charge in [-0.05, 0) is 43.5 Å². The predicted molar refractivity (Wildman–Crippen MR) is 125 cm³/mol. The van der Waals surface area contributed by atoms with Crippen LogP contribution in [0.15, 0.2) is 47.5 Å². The van der Waals surface area contributed by atoms with Crippen LogP contribution in [0.4, 0.5) is 0 Å². The van der Waals surface area contributed by atoms with Gasteiger partial charge >= 0.3 is 0 Å². The molecular weight excluding hydrogens is 465 g/mol. The van der Waals surface area contributed by atoms with E-state index in [1.807, 2.05) is 18.2 Å². The van der Waals surface area contributed by atoms with E-state index < -0.39 is 0 Å². The van der Waals surface area contributed by atoms with Gasteiger partial charge in [0.15, 0.2) is 5.96 Å². The lowest BCUT2D eigenvalue weighted by atomic mass is 9.93. The summed E-state index contributed by atoms with van der Waals surface area (Å²) in [5.74, 6) is 3.13. The van der Waals surface area contributed by atoms with Crippen LogP contribution < -0.4 is 20.1 Å². The molecule has 28 heavy (non-hydrogen) atoms. The van der Waals surface area contributed by atoms with Gasteiger partial charge in [-0.1, -0.05) is 30.3 Å². The van der Waals surface area contributed by atoms with Crippen molar-refractivity contribution in [2.75, 3.05) is 26.8 Å². The minimum Gasteiger partial charge on any atom is -0.496 e. The van der Waals surface area contributed by atoms with Crippen LogP contribution in [-0.4, -0.2) is 32.8 Å². The zero-order chi connectivity index (χ0) is 19.1. The van der Waals surface area contributed by atoms with Crippen LogP contribution in [0.5, 0.6) is 11.5 Å². The summed E-state index contributed by atoms with van der Waals surface area (Å²) < 4.78 is 11.2. The lowest BCUT2D eigenvalue weighted by molar-refractivity contribution is 0.267. The molecule has 152 valence electrons. The fourth-order valence-electron chi connectivity index (χ4n) is 3.34. The number of benzene rings is 2. The lowest BCUT2D eigenvalue weighted by Gasteiger charge is -2.26. The van der Waals surface area contributed by atoms with Gasteiger partial charge in [-0.15, -0.1) is 24.0 Å². The van der Waals surface area contributed by atoms with Crippen molar-refractivity contribution in [3.05, 3.63) is 59.2 Å². The van der Waals surface area contributed by atoms with Crippen molar-refractivity contribution in [2.24, 2.45) is 4.99 Å². The van der Waals surface area contributed by atoms with Gasteiger partial charge in [0, 0.05) is 24.6 Å². The molecule has 0 amide bonds. The molecule has 0 fully saturated rings. The molecule has 1 aliphatic rings. The molecule has 0 saturated carbocycles. The van der Waals surface area contributed by atoms with Crippen LogP contribution in [0.2, 0.25) is 0 Å². The zero-order valence-electron chi connectivity index (χ0n) is 16.8. The Morgan fingerprint density at radius 2 is 2.04 bits per heavy atom. The average Bonchev–Trinajstić information content (AvgIpc) is 2.70. The lowest BCUT2D eigenvalue weighted by Crippen LogP contribution is -2.40. The van der Waals surface area contributed by atoms with Crippen LogP contribution in [0.3, 0.4) is 0 Å². The van der Waals surface area contributed by atoms with E-state index in [0.717, 1.165) is 49.1 Å². The second-order valence-corrected chi connectivity index (χ2v) is 6.76. The molecular formula is C22H30IN3O2. The third-order valence-electron chi connectivity index (χ3n) is 4.79. The maximum absolute atomic E-state index is 5.76. The minimum atomic E-state index is 0. The van der Waals surface area contributed by atoms with E-state index in [-0.39, 0.29) is 24.0 Å². The number of hydrogen-bond donors (Lipinski definition) is 2. The van der Waals surface area contributed by atoms with Crippen molar-refractivity contribution < 1.29 is 9.47 Å². The predicted octanol–water partition coefficient (Wildman–Crippen LogP) is 4.24. The van der Waals surface area contributed by atoms with E-state index in [0.29, 0.717) is 12.5 Å². The number of para-hydroxylation sites is 1. The summed E-state index contributed by atoms with van der Waals surface area (Å²) in [5, 5.41) is 6.82. The summed E-state index contributed by atoms with van der Waals surface area (Å²) in [6.45, 7) is 7.12. The maximum Gasteiger partial charge on any atom is 0.191 e. The topological polar surface area (TPSA) is 54.9 Å². The van der Waals surface area contributed by atoms with Crippen molar-refractivity contribution in [1.82, 2.24) is 10.6 Å². The Kier molecular flexibility index (Phi) is 8.89. The van der Waals surface area contributed by atoms with Crippen molar-refractivity contribution in [1.29, 1.82) is 0 Å². The first-order chi connectivity index (χ1) is 13.2. The number of ether oxygens (including phenoxy) is 2. The minimum absolute atomic E-state index is 0. The molecule has 2 aromatic rings. The second-order valence-electron chi connectivity index (χ2n) is 6.76. The van der Waals surface area contributed by atoms with Crippen LogP contribution in [-0.2, 0) is 6.54 Å². The second kappa shape index (κ2) is 11.1. The van der Waals surface area contributed by atoms with Gasteiger partial charge in [-0.25, -0.2) is 4.99 Å². The Hall–Kier alpha value is -1.96. The number of fused-ring (bicyclic) bond motifs is 1. The highest BCUT2D eigenvalue weighted by molar-refractivity contribution is 14.0. The number of nitrogens with one attached hydrogen (secondary N) is 2. The zero-order valence-corrected chi connectivity index (χ0v) is 19.2. The number of methoxy groups -OCH3 is 1. The molecule has 5 nitrogen and oxygen atoms in total. The molecule has 0 saturated heterocycles. The summed E-state index contributed by atoms with van der Waals surface area (Å²) in [6, 6.07) is 14.5. The van der Waals surface area contributed by atoms with Crippen LogP contribution >= 0.6 is 24.0 Å². The molecule has 0 spiro atoms. The first kappa shape index (κ1) is 22.3. The molecule has 1 aliphatic heterocycles. The van der Waals surface area contributed by atoms with Crippen LogP contribution in [0.1, 0.15) is 36.0 Å². The van der Waals surface area contributed by atoms with E-state index in [1.54, 1.807) is 7.11 Å². The van der Waals surface area contributed by atoms with Crippen molar-refractivity contribution >= 4 is 29.9 Å². The molecule has 0 bridgehead atoms. The average molecular weight is 495 g/mol. The third-order valence-corrected chi connectivity index (χ3v) is 4.79. The van der Waals surface area contributed by atoms with E-state index in [9.17, 15) is 0 Å². The standard InChI is InChI=1S/C22H29N3O2.HI/c1-4-23-22(25-15-18-10-9-16(2)13-21(18)26-3)24-14-17-11-12-27-20-8-6-5-7-19(17)20;/h5-10,13,17H,4,11-12,14-15H2,1-3H3,(H2,23,24,25);1H. The summed E-state index contributed by atoms with van der Waals surface area (Å²) in [7, 11) is 1.70. The van der Waals surface area contributed by atoms with Gasteiger partial charge in [0.25, 0.3) is 0 Å². The first-order valence-electron chi connectivity index (χ1n) is 9.58. The Morgan fingerprint density at radius 1 is 1.21 bits per heavy atom. The summed E-state index contributed by atoms with van der Waals surface area (Å²) in [4.78, 5) is 4.75. The number of rotatable bonds is 6. The smallest absolute Gasteiger partial charge is 0.191 e. The fourth-order valence-corrected chi connectivity index (χ4v) is 3.34. The number of hydrogen-bond acceptors (Lipinski definition) is 3. The number of aliphatic imine (C=N–C) groups is 1. The van der Waals surface area contributed by atoms with Crippen molar-refractivity contribution in [2.45, 2.75) is 32.7 Å². The van der Waals surface area contributed by atoms with Crippen LogP contribution in [0.25, 0.3) is 0 Å². The monoisotopic (exact) mass is 495 g/mol. The molecule has 1 atom stereocenters. The molecule has 2 aromatic carbocycles. The van der Waals surface area contributed by atoms with E-state index in [2.05, 4.69) is 48.7 Å². The van der Waals surface area contributed by atoms with Gasteiger partial charge in [0.05, 0.1) is 20.3 Å². The molecule has 1 heterocycles. The van der Waals surface area contributed by atoms with Gasteiger partial charge in [0.2, 0.25) is 0 Å². The largest absolute Gasteiger partial charge is 0.496 e. The van der Waals surface area contributed by atoms with Gasteiger partial charge in [0.1, 0.15) is 11.5 Å². The number of aryl methyl sites for hydroxylation is 1. The number of guanidine groups is 1. The highest BCUT2D eigenvalue weighted by atomic mass is 127. The molecule has 0 aromatic heterocycles. The maximum atomic E-state index is 5.76. The highest BCUT2D eigenvalue weighted by Crippen LogP contribution is 2.32. The fraction of sp³-hybridized carbons (Fsp3) is 0.409. The summed E-state index contributed by atoms with van der Waals surface area (Å²) >= 11 is 0. The Bertz CT molecular complexity index is 795. The Labute approximate surface area is 184 Å². The van der Waals surface area contributed by atoms with Crippen LogP contribution in [0, 0.1) is 6.92 Å². The number of halogens is 1. The van der Waals surface area contributed by atoms with Crippen molar-refractivity contribution in [3.8, 4) is 11.5 Å². The molecule has 3 rings (SSSR count). The third kappa shape index (κ3) is 5.77. The molecule has 0 aliphatic carbocycles. The molecule has 2 N–H and O–H groups in total. The van der Waals surface area contributed by atoms with E-state index >= 15 is 0 Å². The van der Waals surface area contributed by atoms with Gasteiger partial charge in [-0.3, -0.25) is 0 Å². The summed E-state index contributed by atoms with van der Waals surface area (Å²) in [5.41, 5.74) is 3.53. The van der Waals surface area contributed by atoms with E-state index in [4.69, 9.17) is 14.5 Å². The summed E-state index contributed by atoms with van der Waals surface area (Å²) in [6.07, 6.45) is 1.01. The normalized spacial score (nSPS) is 15.7. The van der Waals surface area contributed by atoms with Gasteiger partial charge in [-0.2, -0.15) is 0 Å². The number of nitrogens with zero attached hydrogens (tertiary/aromatic N) is 1. The Balaban J connectivity index is 0.00000280. The molecule has 1 unspecified atom stereocenters. The molecule has 0 radical (unpaired) electrons. The SMILES string of the molecule is CCNC(=NCc1ccc(C)cc1OC)NCC1CCOc2ccccc21.I. The van der Waals surface area contributed by atoms with E-state index in [1.165, 1.54) is 11.1 Å². The Morgan fingerprint density at radius 3 is 2.82 bits per heavy atom.